The zero-order chi connectivity index (χ0) is 14.6. The first-order chi connectivity index (χ1) is 9.49. The summed E-state index contributed by atoms with van der Waals surface area (Å²) in [5.41, 5.74) is 7.10. The lowest BCUT2D eigenvalue weighted by Crippen LogP contribution is -2.41. The molecule has 0 heterocycles. The molecule has 1 fully saturated rings. The van der Waals surface area contributed by atoms with Crippen molar-refractivity contribution in [3.63, 3.8) is 0 Å². The molecular formula is C17H26N2O. The maximum atomic E-state index is 12.2. The number of nitrogens with one attached hydrogen (secondary N) is 1. The number of rotatable bonds is 4. The van der Waals surface area contributed by atoms with Crippen molar-refractivity contribution in [2.45, 2.75) is 51.0 Å². The van der Waals surface area contributed by atoms with Crippen molar-refractivity contribution in [3.8, 4) is 0 Å². The Labute approximate surface area is 121 Å². The van der Waals surface area contributed by atoms with E-state index in [2.05, 4.69) is 31.3 Å². The lowest BCUT2D eigenvalue weighted by atomic mass is 9.83. The van der Waals surface area contributed by atoms with Crippen molar-refractivity contribution >= 4 is 5.91 Å². The largest absolute Gasteiger partial charge is 0.355 e. The molecule has 20 heavy (non-hydrogen) atoms. The van der Waals surface area contributed by atoms with Crippen LogP contribution in [-0.2, 0) is 10.2 Å². The van der Waals surface area contributed by atoms with E-state index in [-0.39, 0.29) is 17.2 Å². The third-order valence-electron chi connectivity index (χ3n) is 4.40. The molecule has 3 nitrogen and oxygen atoms in total. The number of carbonyl (C=O) groups is 1. The van der Waals surface area contributed by atoms with Crippen LogP contribution in [0.3, 0.4) is 0 Å². The molecule has 3 heteroatoms. The first-order valence-electron chi connectivity index (χ1n) is 7.58. The monoisotopic (exact) mass is 274 g/mol. The van der Waals surface area contributed by atoms with Crippen molar-refractivity contribution in [3.05, 3.63) is 35.9 Å². The highest BCUT2D eigenvalue weighted by Crippen LogP contribution is 2.25. The van der Waals surface area contributed by atoms with Crippen molar-refractivity contribution < 1.29 is 4.79 Å². The van der Waals surface area contributed by atoms with Gasteiger partial charge in [-0.2, -0.15) is 0 Å². The molecule has 110 valence electrons. The molecule has 0 unspecified atom stereocenters. The Morgan fingerprint density at radius 2 is 1.80 bits per heavy atom. The van der Waals surface area contributed by atoms with E-state index in [1.54, 1.807) is 0 Å². The van der Waals surface area contributed by atoms with Gasteiger partial charge in [-0.15, -0.1) is 0 Å². The maximum absolute atomic E-state index is 12.2. The zero-order valence-electron chi connectivity index (χ0n) is 12.6. The van der Waals surface area contributed by atoms with Gasteiger partial charge in [-0.1, -0.05) is 44.2 Å². The molecule has 0 aromatic heterocycles. The number of carbonyl (C=O) groups excluding carboxylic acids is 1. The van der Waals surface area contributed by atoms with Crippen LogP contribution in [0, 0.1) is 5.92 Å². The van der Waals surface area contributed by atoms with Crippen LogP contribution in [-0.4, -0.2) is 18.5 Å². The van der Waals surface area contributed by atoms with Crippen LogP contribution in [0.25, 0.3) is 0 Å². The van der Waals surface area contributed by atoms with Gasteiger partial charge < -0.3 is 11.1 Å². The number of amides is 1. The average molecular weight is 274 g/mol. The highest BCUT2D eigenvalue weighted by Gasteiger charge is 2.27. The maximum Gasteiger partial charge on any atom is 0.223 e. The predicted molar refractivity (Wildman–Crippen MR) is 82.4 cm³/mol. The smallest absolute Gasteiger partial charge is 0.223 e. The van der Waals surface area contributed by atoms with Gasteiger partial charge in [0.2, 0.25) is 5.91 Å². The summed E-state index contributed by atoms with van der Waals surface area (Å²) in [5.74, 6) is 0.349. The minimum absolute atomic E-state index is 0.0397. The molecule has 1 amide bonds. The van der Waals surface area contributed by atoms with E-state index in [4.69, 9.17) is 5.73 Å². The molecule has 3 N–H and O–H groups in total. The van der Waals surface area contributed by atoms with Crippen molar-refractivity contribution in [2.75, 3.05) is 6.54 Å². The average Bonchev–Trinajstić information content (AvgIpc) is 2.46. The standard InChI is InChI=1S/C17H26N2O/c1-17(2,14-6-4-3-5-7-14)12-19-16(20)13-8-10-15(18)11-9-13/h3-7,13,15H,8-12,18H2,1-2H3,(H,19,20). The lowest BCUT2D eigenvalue weighted by Gasteiger charge is -2.29. The van der Waals surface area contributed by atoms with Gasteiger partial charge in [-0.3, -0.25) is 4.79 Å². The summed E-state index contributed by atoms with van der Waals surface area (Å²) in [7, 11) is 0. The quantitative estimate of drug-likeness (QED) is 0.886. The topological polar surface area (TPSA) is 55.1 Å². The fourth-order valence-electron chi connectivity index (χ4n) is 2.83. The van der Waals surface area contributed by atoms with Gasteiger partial charge in [0, 0.05) is 23.9 Å². The lowest BCUT2D eigenvalue weighted by molar-refractivity contribution is -0.126. The molecule has 0 atom stereocenters. The molecule has 2 rings (SSSR count). The van der Waals surface area contributed by atoms with Crippen LogP contribution in [0.4, 0.5) is 0 Å². The molecule has 1 aliphatic rings. The van der Waals surface area contributed by atoms with Crippen molar-refractivity contribution in [1.29, 1.82) is 0 Å². The summed E-state index contributed by atoms with van der Waals surface area (Å²) >= 11 is 0. The van der Waals surface area contributed by atoms with E-state index in [0.29, 0.717) is 12.6 Å². The van der Waals surface area contributed by atoms with Crippen LogP contribution in [0.2, 0.25) is 0 Å². The molecule has 1 aromatic carbocycles. The molecule has 0 saturated heterocycles. The summed E-state index contributed by atoms with van der Waals surface area (Å²) in [6, 6.07) is 10.6. The molecule has 0 aliphatic heterocycles. The van der Waals surface area contributed by atoms with Gasteiger partial charge in [-0.25, -0.2) is 0 Å². The van der Waals surface area contributed by atoms with Crippen molar-refractivity contribution in [1.82, 2.24) is 5.32 Å². The third kappa shape index (κ3) is 3.83. The Morgan fingerprint density at radius 3 is 2.40 bits per heavy atom. The van der Waals surface area contributed by atoms with E-state index in [0.717, 1.165) is 25.7 Å². The van der Waals surface area contributed by atoms with E-state index < -0.39 is 0 Å². The summed E-state index contributed by atoms with van der Waals surface area (Å²) in [6.45, 7) is 5.01. The normalized spacial score (nSPS) is 23.4. The summed E-state index contributed by atoms with van der Waals surface area (Å²) in [4.78, 5) is 12.2. The van der Waals surface area contributed by atoms with Gasteiger partial charge in [0.05, 0.1) is 0 Å². The fraction of sp³-hybridized carbons (Fsp3) is 0.588. The van der Waals surface area contributed by atoms with Crippen LogP contribution < -0.4 is 11.1 Å². The van der Waals surface area contributed by atoms with E-state index in [1.807, 2.05) is 18.2 Å². The molecule has 1 saturated carbocycles. The Kier molecular flexibility index (Phi) is 4.81. The number of hydrogen-bond acceptors (Lipinski definition) is 2. The van der Waals surface area contributed by atoms with Crippen LogP contribution in [0.5, 0.6) is 0 Å². The third-order valence-corrected chi connectivity index (χ3v) is 4.40. The first kappa shape index (κ1) is 15.0. The van der Waals surface area contributed by atoms with Crippen LogP contribution in [0.15, 0.2) is 30.3 Å². The highest BCUT2D eigenvalue weighted by molar-refractivity contribution is 5.78. The predicted octanol–water partition coefficient (Wildman–Crippen LogP) is 2.60. The Hall–Kier alpha value is -1.35. The van der Waals surface area contributed by atoms with E-state index in [9.17, 15) is 4.79 Å². The summed E-state index contributed by atoms with van der Waals surface area (Å²) in [5, 5.41) is 3.13. The first-order valence-corrected chi connectivity index (χ1v) is 7.58. The number of hydrogen-bond donors (Lipinski definition) is 2. The summed E-state index contributed by atoms with van der Waals surface area (Å²) < 4.78 is 0. The second-order valence-electron chi connectivity index (χ2n) is 6.58. The molecule has 0 spiro atoms. The Bertz CT molecular complexity index is 434. The molecular weight excluding hydrogens is 248 g/mol. The van der Waals surface area contributed by atoms with Gasteiger partial charge in [0.25, 0.3) is 0 Å². The Morgan fingerprint density at radius 1 is 1.20 bits per heavy atom. The summed E-state index contributed by atoms with van der Waals surface area (Å²) in [6.07, 6.45) is 3.80. The number of benzene rings is 1. The van der Waals surface area contributed by atoms with Gasteiger partial charge in [0.1, 0.15) is 0 Å². The number of nitrogens with two attached hydrogens (primary N) is 1. The van der Waals surface area contributed by atoms with E-state index >= 15 is 0 Å². The molecule has 1 aliphatic carbocycles. The van der Waals surface area contributed by atoms with Crippen LogP contribution >= 0.6 is 0 Å². The molecule has 1 aromatic rings. The van der Waals surface area contributed by atoms with Gasteiger partial charge >= 0.3 is 0 Å². The second-order valence-corrected chi connectivity index (χ2v) is 6.58. The Balaban J connectivity index is 1.86. The minimum Gasteiger partial charge on any atom is -0.355 e. The fourth-order valence-corrected chi connectivity index (χ4v) is 2.83. The molecule has 0 radical (unpaired) electrons. The van der Waals surface area contributed by atoms with Crippen LogP contribution in [0.1, 0.15) is 45.1 Å². The van der Waals surface area contributed by atoms with Crippen molar-refractivity contribution in [2.24, 2.45) is 11.7 Å². The zero-order valence-corrected chi connectivity index (χ0v) is 12.6. The van der Waals surface area contributed by atoms with Gasteiger partial charge in [-0.05, 0) is 31.2 Å². The van der Waals surface area contributed by atoms with Gasteiger partial charge in [0.15, 0.2) is 0 Å². The second kappa shape index (κ2) is 6.40. The minimum atomic E-state index is -0.0397. The SMILES string of the molecule is CC(C)(CNC(=O)C1CCC(N)CC1)c1ccccc1. The highest BCUT2D eigenvalue weighted by atomic mass is 16.1. The molecule has 0 bridgehead atoms. The van der Waals surface area contributed by atoms with E-state index in [1.165, 1.54) is 5.56 Å².